The minimum Gasteiger partial charge on any atom is -0.390 e. The van der Waals surface area contributed by atoms with Crippen LogP contribution in [0.15, 0.2) is 84.1 Å². The Morgan fingerprint density at radius 1 is 0.913 bits per heavy atom. The molecule has 0 aliphatic rings. The molecule has 23 heavy (non-hydrogen) atoms. The molecule has 0 saturated carbocycles. The Bertz CT molecular complexity index is 771. The lowest BCUT2D eigenvalue weighted by Crippen LogP contribution is -2.06. The summed E-state index contributed by atoms with van der Waals surface area (Å²) in [5.41, 5.74) is 3.40. The number of aromatic nitrogens is 1. The zero-order valence-corrected chi connectivity index (χ0v) is 13.1. The first-order valence-electron chi connectivity index (χ1n) is 7.24. The van der Waals surface area contributed by atoms with Gasteiger partial charge >= 0.3 is 0 Å². The van der Waals surface area contributed by atoms with Crippen molar-refractivity contribution < 1.29 is 4.84 Å². The van der Waals surface area contributed by atoms with E-state index < -0.39 is 0 Å². The van der Waals surface area contributed by atoms with Crippen molar-refractivity contribution in [1.82, 2.24) is 4.98 Å². The Balaban J connectivity index is 1.86. The van der Waals surface area contributed by atoms with Gasteiger partial charge in [-0.1, -0.05) is 65.3 Å². The Morgan fingerprint density at radius 3 is 2.35 bits per heavy atom. The molecule has 0 fully saturated rings. The number of hydrogen-bond donors (Lipinski definition) is 0. The molecule has 0 aliphatic carbocycles. The first kappa shape index (κ1) is 15.3. The number of rotatable bonds is 5. The lowest BCUT2D eigenvalue weighted by atomic mass is 10.1. The minimum absolute atomic E-state index is 0.408. The first-order chi connectivity index (χ1) is 11.3. The summed E-state index contributed by atoms with van der Waals surface area (Å²) in [7, 11) is 0. The molecule has 0 atom stereocenters. The molecule has 0 spiro atoms. The van der Waals surface area contributed by atoms with E-state index in [1.165, 1.54) is 0 Å². The van der Waals surface area contributed by atoms with E-state index in [4.69, 9.17) is 16.4 Å². The summed E-state index contributed by atoms with van der Waals surface area (Å²) in [6, 6.07) is 23.1. The minimum atomic E-state index is 0.408. The molecule has 3 nitrogen and oxygen atoms in total. The van der Waals surface area contributed by atoms with Crippen LogP contribution in [0.25, 0.3) is 0 Å². The van der Waals surface area contributed by atoms with Gasteiger partial charge in [-0.15, -0.1) is 0 Å². The van der Waals surface area contributed by atoms with Gasteiger partial charge in [0, 0.05) is 16.8 Å². The highest BCUT2D eigenvalue weighted by atomic mass is 35.5. The fraction of sp³-hybridized carbons (Fsp3) is 0.0526. The highest BCUT2D eigenvalue weighted by Gasteiger charge is 2.09. The second kappa shape index (κ2) is 7.56. The van der Waals surface area contributed by atoms with Gasteiger partial charge in [0.15, 0.2) is 0 Å². The largest absolute Gasteiger partial charge is 0.390 e. The maximum Gasteiger partial charge on any atom is 0.142 e. The van der Waals surface area contributed by atoms with Crippen molar-refractivity contribution in [2.45, 2.75) is 6.61 Å². The Kier molecular flexibility index (Phi) is 5.02. The van der Waals surface area contributed by atoms with Crippen LogP contribution in [0.4, 0.5) is 0 Å². The van der Waals surface area contributed by atoms with E-state index in [1.807, 2.05) is 72.8 Å². The molecule has 3 rings (SSSR count). The van der Waals surface area contributed by atoms with E-state index in [-0.39, 0.29) is 0 Å². The van der Waals surface area contributed by atoms with E-state index in [0.717, 1.165) is 16.8 Å². The molecular weight excluding hydrogens is 308 g/mol. The molecule has 3 aromatic rings. The number of halogens is 1. The molecule has 0 unspecified atom stereocenters. The van der Waals surface area contributed by atoms with Crippen LogP contribution < -0.4 is 0 Å². The second-order valence-corrected chi connectivity index (χ2v) is 5.36. The zero-order chi connectivity index (χ0) is 15.9. The van der Waals surface area contributed by atoms with E-state index in [2.05, 4.69) is 10.1 Å². The summed E-state index contributed by atoms with van der Waals surface area (Å²) in [6.07, 6.45) is 1.73. The van der Waals surface area contributed by atoms with Gasteiger partial charge in [-0.25, -0.2) is 0 Å². The average molecular weight is 323 g/mol. The van der Waals surface area contributed by atoms with Gasteiger partial charge in [-0.2, -0.15) is 0 Å². The van der Waals surface area contributed by atoms with Crippen LogP contribution in [0.2, 0.25) is 5.02 Å². The van der Waals surface area contributed by atoms with Crippen LogP contribution in [0.5, 0.6) is 0 Å². The molecule has 0 N–H and O–H groups in total. The highest BCUT2D eigenvalue weighted by molar-refractivity contribution is 6.30. The summed E-state index contributed by atoms with van der Waals surface area (Å²) in [5, 5.41) is 4.98. The summed E-state index contributed by atoms with van der Waals surface area (Å²) < 4.78 is 0. The monoisotopic (exact) mass is 322 g/mol. The molecule has 2 aromatic carbocycles. The average Bonchev–Trinajstić information content (AvgIpc) is 2.61. The lowest BCUT2D eigenvalue weighted by molar-refractivity contribution is 0.131. The van der Waals surface area contributed by atoms with Gasteiger partial charge in [-0.3, -0.25) is 4.98 Å². The van der Waals surface area contributed by atoms with Gasteiger partial charge in [0.1, 0.15) is 12.3 Å². The van der Waals surface area contributed by atoms with E-state index in [0.29, 0.717) is 17.3 Å². The summed E-state index contributed by atoms with van der Waals surface area (Å²) >= 11 is 5.96. The highest BCUT2D eigenvalue weighted by Crippen LogP contribution is 2.14. The van der Waals surface area contributed by atoms with Gasteiger partial charge in [0.25, 0.3) is 0 Å². The zero-order valence-electron chi connectivity index (χ0n) is 12.4. The van der Waals surface area contributed by atoms with Crippen molar-refractivity contribution >= 4 is 17.3 Å². The Morgan fingerprint density at radius 2 is 1.65 bits per heavy atom. The van der Waals surface area contributed by atoms with Crippen LogP contribution in [0.3, 0.4) is 0 Å². The Hall–Kier alpha value is -2.65. The molecule has 0 radical (unpaired) electrons. The van der Waals surface area contributed by atoms with Gasteiger partial charge < -0.3 is 4.84 Å². The van der Waals surface area contributed by atoms with Crippen LogP contribution in [0.1, 0.15) is 16.8 Å². The SMILES string of the molecule is Clc1ccc(/C(=N\OCc2ccccc2)c2ccccn2)cc1. The predicted molar refractivity (Wildman–Crippen MR) is 92.6 cm³/mol. The van der Waals surface area contributed by atoms with E-state index >= 15 is 0 Å². The number of benzene rings is 2. The standard InChI is InChI=1S/C19H15ClN2O/c20-17-11-9-16(10-12-17)19(18-8-4-5-13-21-18)22-23-14-15-6-2-1-3-7-15/h1-13H,14H2/b22-19+. The van der Waals surface area contributed by atoms with Crippen LogP contribution in [0, 0.1) is 0 Å². The fourth-order valence-electron chi connectivity index (χ4n) is 2.10. The molecule has 114 valence electrons. The van der Waals surface area contributed by atoms with Crippen LogP contribution in [-0.4, -0.2) is 10.7 Å². The molecular formula is C19H15ClN2O. The van der Waals surface area contributed by atoms with E-state index in [1.54, 1.807) is 6.20 Å². The molecule has 0 amide bonds. The maximum atomic E-state index is 5.96. The quantitative estimate of drug-likeness (QED) is 0.504. The summed E-state index contributed by atoms with van der Waals surface area (Å²) in [6.45, 7) is 0.408. The van der Waals surface area contributed by atoms with Crippen LogP contribution in [-0.2, 0) is 11.4 Å². The number of hydrogen-bond acceptors (Lipinski definition) is 3. The number of pyridine rings is 1. The third-order valence-corrected chi connectivity index (χ3v) is 3.51. The Labute approximate surface area is 140 Å². The van der Waals surface area contributed by atoms with Crippen LogP contribution >= 0.6 is 11.6 Å². The lowest BCUT2D eigenvalue weighted by Gasteiger charge is -2.07. The molecule has 1 aromatic heterocycles. The molecule has 4 heteroatoms. The topological polar surface area (TPSA) is 34.5 Å². The smallest absolute Gasteiger partial charge is 0.142 e. The third-order valence-electron chi connectivity index (χ3n) is 3.26. The number of oxime groups is 1. The summed E-state index contributed by atoms with van der Waals surface area (Å²) in [4.78, 5) is 9.90. The maximum absolute atomic E-state index is 5.96. The number of nitrogens with zero attached hydrogens (tertiary/aromatic N) is 2. The van der Waals surface area contributed by atoms with Crippen molar-refractivity contribution in [3.05, 3.63) is 101 Å². The second-order valence-electron chi connectivity index (χ2n) is 4.92. The molecule has 0 saturated heterocycles. The van der Waals surface area contributed by atoms with Gasteiger partial charge in [0.2, 0.25) is 0 Å². The molecule has 1 heterocycles. The van der Waals surface area contributed by atoms with Gasteiger partial charge in [0.05, 0.1) is 5.69 Å². The van der Waals surface area contributed by atoms with Crippen molar-refractivity contribution in [2.24, 2.45) is 5.16 Å². The normalized spacial score (nSPS) is 11.3. The first-order valence-corrected chi connectivity index (χ1v) is 7.62. The van der Waals surface area contributed by atoms with E-state index in [9.17, 15) is 0 Å². The molecule has 0 aliphatic heterocycles. The van der Waals surface area contributed by atoms with Crippen molar-refractivity contribution in [2.75, 3.05) is 0 Å². The predicted octanol–water partition coefficient (Wildman–Crippen LogP) is 4.70. The fourth-order valence-corrected chi connectivity index (χ4v) is 2.23. The summed E-state index contributed by atoms with van der Waals surface area (Å²) in [5.74, 6) is 0. The van der Waals surface area contributed by atoms with Gasteiger partial charge in [-0.05, 0) is 29.8 Å². The third kappa shape index (κ3) is 4.18. The van der Waals surface area contributed by atoms with Crippen molar-refractivity contribution in [3.8, 4) is 0 Å². The van der Waals surface area contributed by atoms with Crippen molar-refractivity contribution in [1.29, 1.82) is 0 Å². The van der Waals surface area contributed by atoms with Crippen molar-refractivity contribution in [3.63, 3.8) is 0 Å². The molecule has 0 bridgehead atoms.